The molecule has 1 aromatic heterocycles. The summed E-state index contributed by atoms with van der Waals surface area (Å²) in [5, 5.41) is 3.45. The zero-order chi connectivity index (χ0) is 14.4. The summed E-state index contributed by atoms with van der Waals surface area (Å²) >= 11 is 1.11. The van der Waals surface area contributed by atoms with Gasteiger partial charge in [0.05, 0.1) is 10.9 Å². The number of ether oxygens (including phenoxy) is 1. The Kier molecular flexibility index (Phi) is 3.42. The maximum absolute atomic E-state index is 12.4. The lowest BCUT2D eigenvalue weighted by Gasteiger charge is -2.23. The predicted octanol–water partition coefficient (Wildman–Crippen LogP) is 1.64. The van der Waals surface area contributed by atoms with Gasteiger partial charge in [-0.3, -0.25) is 0 Å². The average molecular weight is 317 g/mol. The van der Waals surface area contributed by atoms with Crippen molar-refractivity contribution >= 4 is 32.2 Å². The van der Waals surface area contributed by atoms with E-state index < -0.39 is 9.84 Å². The van der Waals surface area contributed by atoms with Crippen molar-refractivity contribution in [1.29, 1.82) is 0 Å². The minimum atomic E-state index is -3.33. The third-order valence-corrected chi connectivity index (χ3v) is 7.12. The molecule has 8 heteroatoms. The maximum atomic E-state index is 12.4. The van der Waals surface area contributed by atoms with Gasteiger partial charge in [0.1, 0.15) is 9.90 Å². The van der Waals surface area contributed by atoms with Gasteiger partial charge in [0.2, 0.25) is 0 Å². The molecular weight excluding hydrogens is 298 g/mol. The fraction of sp³-hybridized carbons (Fsp3) is 0.750. The highest BCUT2D eigenvalue weighted by molar-refractivity contribution is 7.92. The van der Waals surface area contributed by atoms with Crippen molar-refractivity contribution < 1.29 is 13.2 Å². The number of hydrogen-bond acceptors (Lipinski definition) is 7. The number of nitrogens with zero attached hydrogens (tertiary/aromatic N) is 1. The zero-order valence-corrected chi connectivity index (χ0v) is 13.0. The summed E-state index contributed by atoms with van der Waals surface area (Å²) in [6.45, 7) is 3.37. The third kappa shape index (κ3) is 2.51. The van der Waals surface area contributed by atoms with E-state index in [0.717, 1.165) is 43.8 Å². The van der Waals surface area contributed by atoms with Crippen LogP contribution in [-0.4, -0.2) is 36.8 Å². The molecule has 1 atom stereocenters. The van der Waals surface area contributed by atoms with E-state index in [1.807, 2.05) is 6.92 Å². The van der Waals surface area contributed by atoms with E-state index in [4.69, 9.17) is 10.5 Å². The minimum Gasteiger partial charge on any atom is -0.382 e. The lowest BCUT2D eigenvalue weighted by Crippen LogP contribution is -2.32. The molecule has 3 rings (SSSR count). The van der Waals surface area contributed by atoms with Gasteiger partial charge in [0, 0.05) is 13.2 Å². The molecule has 1 aliphatic carbocycles. The van der Waals surface area contributed by atoms with E-state index in [1.54, 1.807) is 0 Å². The quantitative estimate of drug-likeness (QED) is 0.857. The summed E-state index contributed by atoms with van der Waals surface area (Å²) in [7, 11) is -3.33. The van der Waals surface area contributed by atoms with Crippen molar-refractivity contribution in [1.82, 2.24) is 4.37 Å². The molecule has 1 unspecified atom stereocenters. The molecule has 1 aromatic rings. The number of nitrogens with one attached hydrogen (secondary N) is 1. The molecule has 2 fully saturated rings. The van der Waals surface area contributed by atoms with Crippen LogP contribution in [0, 0.1) is 0 Å². The Hall–Kier alpha value is -0.860. The highest BCUT2D eigenvalue weighted by Gasteiger charge is 2.41. The number of sulfone groups is 1. The van der Waals surface area contributed by atoms with Crippen molar-refractivity contribution in [2.24, 2.45) is 0 Å². The number of rotatable bonds is 5. The van der Waals surface area contributed by atoms with Crippen LogP contribution in [0.4, 0.5) is 10.8 Å². The Morgan fingerprint density at radius 1 is 1.55 bits per heavy atom. The fourth-order valence-electron chi connectivity index (χ4n) is 2.47. The van der Waals surface area contributed by atoms with Crippen LogP contribution < -0.4 is 11.1 Å². The molecule has 6 nitrogen and oxygen atoms in total. The molecule has 0 spiro atoms. The minimum absolute atomic E-state index is 0.113. The fourth-order valence-corrected chi connectivity index (χ4v) is 5.35. The van der Waals surface area contributed by atoms with E-state index in [1.165, 1.54) is 0 Å². The number of aromatic nitrogens is 1. The van der Waals surface area contributed by atoms with Gasteiger partial charge < -0.3 is 15.8 Å². The van der Waals surface area contributed by atoms with E-state index in [-0.39, 0.29) is 21.6 Å². The number of nitrogens with two attached hydrogens (primary N) is 1. The van der Waals surface area contributed by atoms with Gasteiger partial charge in [0.25, 0.3) is 0 Å². The van der Waals surface area contributed by atoms with Crippen LogP contribution in [0.15, 0.2) is 4.90 Å². The largest absolute Gasteiger partial charge is 0.382 e. The van der Waals surface area contributed by atoms with E-state index >= 15 is 0 Å². The summed E-state index contributed by atoms with van der Waals surface area (Å²) in [5.41, 5.74) is 5.52. The first-order valence-electron chi connectivity index (χ1n) is 6.79. The summed E-state index contributed by atoms with van der Waals surface area (Å²) in [6.07, 6.45) is 3.45. The summed E-state index contributed by atoms with van der Waals surface area (Å²) in [5.74, 6) is 0.113. The molecule has 1 saturated carbocycles. The molecule has 20 heavy (non-hydrogen) atoms. The van der Waals surface area contributed by atoms with Crippen molar-refractivity contribution in [3.05, 3.63) is 0 Å². The Morgan fingerprint density at radius 2 is 2.30 bits per heavy atom. The van der Waals surface area contributed by atoms with E-state index in [2.05, 4.69) is 9.69 Å². The van der Waals surface area contributed by atoms with Crippen LogP contribution in [-0.2, 0) is 14.6 Å². The topological polar surface area (TPSA) is 94.3 Å². The Bertz CT molecular complexity index is 601. The smallest absolute Gasteiger partial charge is 0.187 e. The lowest BCUT2D eigenvalue weighted by molar-refractivity contribution is 0.0315. The molecule has 112 valence electrons. The normalized spacial score (nSPS) is 26.9. The Labute approximate surface area is 122 Å². The van der Waals surface area contributed by atoms with Crippen molar-refractivity contribution in [3.8, 4) is 0 Å². The molecular formula is C12H19N3O3S2. The molecule has 2 heterocycles. The maximum Gasteiger partial charge on any atom is 0.187 e. The van der Waals surface area contributed by atoms with E-state index in [0.29, 0.717) is 11.5 Å². The highest BCUT2D eigenvalue weighted by Crippen LogP contribution is 2.41. The first kappa shape index (κ1) is 14.1. The average Bonchev–Trinajstić information content (AvgIpc) is 3.07. The van der Waals surface area contributed by atoms with Gasteiger partial charge in [-0.2, -0.15) is 4.37 Å². The van der Waals surface area contributed by atoms with Gasteiger partial charge in [-0.25, -0.2) is 8.42 Å². The Balaban J connectivity index is 1.80. The molecule has 2 aliphatic rings. The van der Waals surface area contributed by atoms with Gasteiger partial charge in [-0.05, 0) is 44.1 Å². The molecule has 1 aliphatic heterocycles. The number of hydrogen-bond donors (Lipinski definition) is 2. The van der Waals surface area contributed by atoms with Crippen LogP contribution in [0.25, 0.3) is 0 Å². The van der Waals surface area contributed by atoms with Crippen LogP contribution in [0.1, 0.15) is 32.6 Å². The first-order chi connectivity index (χ1) is 9.42. The zero-order valence-electron chi connectivity index (χ0n) is 11.4. The standard InChI is InChI=1S/C12H19N3O3S2/c1-12(5-2-6-18-12)7-14-11-9(10(13)15-19-11)20(16,17)8-3-4-8/h8,14H,2-7H2,1H3,(H2,13,15). The molecule has 0 radical (unpaired) electrons. The molecule has 1 saturated heterocycles. The van der Waals surface area contributed by atoms with Crippen molar-refractivity contribution in [3.63, 3.8) is 0 Å². The molecule has 0 aromatic carbocycles. The van der Waals surface area contributed by atoms with Crippen molar-refractivity contribution in [2.75, 3.05) is 24.2 Å². The van der Waals surface area contributed by atoms with Crippen LogP contribution in [0.5, 0.6) is 0 Å². The second kappa shape index (κ2) is 4.85. The third-order valence-electron chi connectivity index (χ3n) is 3.85. The molecule has 0 amide bonds. The first-order valence-corrected chi connectivity index (χ1v) is 9.11. The lowest BCUT2D eigenvalue weighted by atomic mass is 10.0. The molecule has 3 N–H and O–H groups in total. The Morgan fingerprint density at radius 3 is 2.90 bits per heavy atom. The number of nitrogen functional groups attached to an aromatic ring is 1. The van der Waals surface area contributed by atoms with Gasteiger partial charge in [0.15, 0.2) is 15.7 Å². The SMILES string of the molecule is CC1(CNc2snc(N)c2S(=O)(=O)C2CC2)CCCO1. The van der Waals surface area contributed by atoms with Crippen LogP contribution in [0.2, 0.25) is 0 Å². The van der Waals surface area contributed by atoms with Gasteiger partial charge in [-0.1, -0.05) is 0 Å². The van der Waals surface area contributed by atoms with Crippen LogP contribution in [0.3, 0.4) is 0 Å². The van der Waals surface area contributed by atoms with Crippen LogP contribution >= 0.6 is 11.5 Å². The van der Waals surface area contributed by atoms with E-state index in [9.17, 15) is 8.42 Å². The predicted molar refractivity (Wildman–Crippen MR) is 78.8 cm³/mol. The summed E-state index contributed by atoms with van der Waals surface area (Å²) < 4.78 is 34.5. The monoisotopic (exact) mass is 317 g/mol. The number of anilines is 2. The highest BCUT2D eigenvalue weighted by atomic mass is 32.2. The summed E-state index contributed by atoms with van der Waals surface area (Å²) in [6, 6.07) is 0. The van der Waals surface area contributed by atoms with Gasteiger partial charge in [-0.15, -0.1) is 0 Å². The van der Waals surface area contributed by atoms with Gasteiger partial charge >= 0.3 is 0 Å². The second-order valence-electron chi connectivity index (χ2n) is 5.73. The van der Waals surface area contributed by atoms with Crippen molar-refractivity contribution in [2.45, 2.75) is 48.4 Å². The second-order valence-corrected chi connectivity index (χ2v) is 8.66. The summed E-state index contributed by atoms with van der Waals surface area (Å²) in [4.78, 5) is 0.187. The molecule has 0 bridgehead atoms.